The molecule has 74 valence electrons. The first-order valence-electron chi connectivity index (χ1n) is 5.03. The van der Waals surface area contributed by atoms with E-state index < -0.39 is 0 Å². The van der Waals surface area contributed by atoms with Crippen molar-refractivity contribution in [2.24, 2.45) is 11.8 Å². The van der Waals surface area contributed by atoms with Crippen molar-refractivity contribution in [2.75, 3.05) is 7.11 Å². The zero-order chi connectivity index (χ0) is 9.78. The standard InChI is InChI=1S/C11H24O/c1-7-8-11(5,12-6)10(4)9(2)3/h9-10H,7-8H2,1-6H3. The molecule has 0 fully saturated rings. The molecule has 12 heavy (non-hydrogen) atoms. The van der Waals surface area contributed by atoms with Crippen molar-refractivity contribution in [3.63, 3.8) is 0 Å². The molecule has 1 nitrogen and oxygen atoms in total. The highest BCUT2D eigenvalue weighted by Crippen LogP contribution is 2.31. The molecule has 0 aromatic carbocycles. The Bertz CT molecular complexity index is 120. The van der Waals surface area contributed by atoms with Gasteiger partial charge < -0.3 is 4.74 Å². The topological polar surface area (TPSA) is 9.23 Å². The molecule has 2 unspecified atom stereocenters. The molecule has 0 aliphatic heterocycles. The fourth-order valence-electron chi connectivity index (χ4n) is 1.72. The minimum atomic E-state index is 0.0723. The van der Waals surface area contributed by atoms with Gasteiger partial charge in [-0.05, 0) is 25.2 Å². The van der Waals surface area contributed by atoms with Crippen molar-refractivity contribution in [1.29, 1.82) is 0 Å². The predicted octanol–water partition coefficient (Wildman–Crippen LogP) is 3.48. The summed E-state index contributed by atoms with van der Waals surface area (Å²) in [6, 6.07) is 0. The van der Waals surface area contributed by atoms with Crippen LogP contribution >= 0.6 is 0 Å². The Morgan fingerprint density at radius 3 is 2.00 bits per heavy atom. The molecule has 0 saturated heterocycles. The van der Waals surface area contributed by atoms with Gasteiger partial charge in [-0.1, -0.05) is 34.1 Å². The number of methoxy groups -OCH3 is 1. The van der Waals surface area contributed by atoms with E-state index in [2.05, 4.69) is 34.6 Å². The van der Waals surface area contributed by atoms with Crippen LogP contribution in [0.5, 0.6) is 0 Å². The highest BCUT2D eigenvalue weighted by atomic mass is 16.5. The molecule has 0 radical (unpaired) electrons. The van der Waals surface area contributed by atoms with Gasteiger partial charge >= 0.3 is 0 Å². The Kier molecular flexibility index (Phi) is 4.84. The van der Waals surface area contributed by atoms with Crippen LogP contribution in [-0.4, -0.2) is 12.7 Å². The number of ether oxygens (including phenoxy) is 1. The lowest BCUT2D eigenvalue weighted by Crippen LogP contribution is -2.37. The number of rotatable bonds is 5. The van der Waals surface area contributed by atoms with E-state index in [4.69, 9.17) is 4.74 Å². The molecule has 0 N–H and O–H groups in total. The Hall–Kier alpha value is -0.0400. The van der Waals surface area contributed by atoms with Crippen LogP contribution < -0.4 is 0 Å². The largest absolute Gasteiger partial charge is 0.378 e. The van der Waals surface area contributed by atoms with Gasteiger partial charge in [0.2, 0.25) is 0 Å². The summed E-state index contributed by atoms with van der Waals surface area (Å²) in [6.07, 6.45) is 2.35. The molecule has 0 aliphatic carbocycles. The van der Waals surface area contributed by atoms with Crippen molar-refractivity contribution in [3.05, 3.63) is 0 Å². The maximum atomic E-state index is 5.60. The van der Waals surface area contributed by atoms with Crippen molar-refractivity contribution < 1.29 is 4.74 Å². The maximum absolute atomic E-state index is 5.60. The van der Waals surface area contributed by atoms with Crippen molar-refractivity contribution >= 4 is 0 Å². The molecule has 0 heterocycles. The minimum absolute atomic E-state index is 0.0723. The van der Waals surface area contributed by atoms with E-state index >= 15 is 0 Å². The number of hydrogen-bond donors (Lipinski definition) is 0. The SMILES string of the molecule is CCCC(C)(OC)C(C)C(C)C. The smallest absolute Gasteiger partial charge is 0.0678 e. The Balaban J connectivity index is 4.28. The third kappa shape index (κ3) is 2.78. The van der Waals surface area contributed by atoms with E-state index in [1.807, 2.05) is 7.11 Å². The van der Waals surface area contributed by atoms with Crippen LogP contribution in [0.4, 0.5) is 0 Å². The summed E-state index contributed by atoms with van der Waals surface area (Å²) in [5, 5.41) is 0. The minimum Gasteiger partial charge on any atom is -0.378 e. The van der Waals surface area contributed by atoms with Crippen molar-refractivity contribution in [2.45, 2.75) is 53.1 Å². The first-order valence-corrected chi connectivity index (χ1v) is 5.03. The monoisotopic (exact) mass is 172 g/mol. The highest BCUT2D eigenvalue weighted by molar-refractivity contribution is 4.82. The van der Waals surface area contributed by atoms with Gasteiger partial charge in [-0.15, -0.1) is 0 Å². The second-order valence-corrected chi connectivity index (χ2v) is 4.30. The van der Waals surface area contributed by atoms with E-state index in [1.165, 1.54) is 6.42 Å². The lowest BCUT2D eigenvalue weighted by Gasteiger charge is -2.36. The van der Waals surface area contributed by atoms with Crippen molar-refractivity contribution in [1.82, 2.24) is 0 Å². The van der Waals surface area contributed by atoms with Gasteiger partial charge in [0, 0.05) is 7.11 Å². The normalized spacial score (nSPS) is 19.2. The molecule has 0 aromatic heterocycles. The second kappa shape index (κ2) is 4.86. The first-order chi connectivity index (χ1) is 5.48. The van der Waals surface area contributed by atoms with Gasteiger partial charge in [-0.2, -0.15) is 0 Å². The van der Waals surface area contributed by atoms with Gasteiger partial charge in [-0.3, -0.25) is 0 Å². The molecule has 0 amide bonds. The zero-order valence-electron chi connectivity index (χ0n) is 9.48. The third-order valence-electron chi connectivity index (χ3n) is 3.18. The molecule has 0 spiro atoms. The third-order valence-corrected chi connectivity index (χ3v) is 3.18. The van der Waals surface area contributed by atoms with Crippen LogP contribution in [0.15, 0.2) is 0 Å². The molecule has 1 heteroatoms. The summed E-state index contributed by atoms with van der Waals surface area (Å²) in [7, 11) is 1.83. The number of hydrogen-bond acceptors (Lipinski definition) is 1. The lowest BCUT2D eigenvalue weighted by molar-refractivity contribution is -0.0587. The Morgan fingerprint density at radius 2 is 1.75 bits per heavy atom. The average Bonchev–Trinajstić information content (AvgIpc) is 2.03. The van der Waals surface area contributed by atoms with Crippen LogP contribution in [0.2, 0.25) is 0 Å². The van der Waals surface area contributed by atoms with Gasteiger partial charge in [-0.25, -0.2) is 0 Å². The van der Waals surface area contributed by atoms with Crippen LogP contribution in [0, 0.1) is 11.8 Å². The summed E-state index contributed by atoms with van der Waals surface area (Å²) < 4.78 is 5.60. The Labute approximate surface area is 77.5 Å². The summed E-state index contributed by atoms with van der Waals surface area (Å²) in [6.45, 7) is 11.2. The van der Waals surface area contributed by atoms with Gasteiger partial charge in [0.25, 0.3) is 0 Å². The highest BCUT2D eigenvalue weighted by Gasteiger charge is 2.31. The average molecular weight is 172 g/mol. The predicted molar refractivity (Wildman–Crippen MR) is 54.3 cm³/mol. The summed E-state index contributed by atoms with van der Waals surface area (Å²) >= 11 is 0. The van der Waals surface area contributed by atoms with E-state index in [1.54, 1.807) is 0 Å². The second-order valence-electron chi connectivity index (χ2n) is 4.30. The molecule has 0 aromatic rings. The van der Waals surface area contributed by atoms with Crippen LogP contribution in [0.3, 0.4) is 0 Å². The molecule has 0 rings (SSSR count). The van der Waals surface area contributed by atoms with E-state index in [-0.39, 0.29) is 5.60 Å². The molecule has 0 saturated carbocycles. The summed E-state index contributed by atoms with van der Waals surface area (Å²) in [5.41, 5.74) is 0.0723. The zero-order valence-corrected chi connectivity index (χ0v) is 9.48. The quantitative estimate of drug-likeness (QED) is 0.617. The molecular formula is C11H24O. The fourth-order valence-corrected chi connectivity index (χ4v) is 1.72. The van der Waals surface area contributed by atoms with Crippen molar-refractivity contribution in [3.8, 4) is 0 Å². The first kappa shape index (κ1) is 12.0. The Morgan fingerprint density at radius 1 is 1.25 bits per heavy atom. The van der Waals surface area contributed by atoms with Crippen LogP contribution in [-0.2, 0) is 4.74 Å². The van der Waals surface area contributed by atoms with Gasteiger partial charge in [0.15, 0.2) is 0 Å². The van der Waals surface area contributed by atoms with Crippen LogP contribution in [0.1, 0.15) is 47.5 Å². The molecule has 0 bridgehead atoms. The van der Waals surface area contributed by atoms with Gasteiger partial charge in [0.1, 0.15) is 0 Å². The maximum Gasteiger partial charge on any atom is 0.0678 e. The lowest BCUT2D eigenvalue weighted by atomic mass is 9.79. The van der Waals surface area contributed by atoms with Crippen LogP contribution in [0.25, 0.3) is 0 Å². The van der Waals surface area contributed by atoms with E-state index in [0.717, 1.165) is 6.42 Å². The molecule has 2 atom stereocenters. The van der Waals surface area contributed by atoms with E-state index in [9.17, 15) is 0 Å². The molecule has 0 aliphatic rings. The van der Waals surface area contributed by atoms with E-state index in [0.29, 0.717) is 11.8 Å². The summed E-state index contributed by atoms with van der Waals surface area (Å²) in [5.74, 6) is 1.32. The molecular weight excluding hydrogens is 148 g/mol. The summed E-state index contributed by atoms with van der Waals surface area (Å²) in [4.78, 5) is 0. The fraction of sp³-hybridized carbons (Fsp3) is 1.00. The van der Waals surface area contributed by atoms with Gasteiger partial charge in [0.05, 0.1) is 5.60 Å².